The van der Waals surface area contributed by atoms with E-state index in [9.17, 15) is 4.79 Å². The van der Waals surface area contributed by atoms with Gasteiger partial charge in [0.1, 0.15) is 0 Å². The van der Waals surface area contributed by atoms with Crippen molar-refractivity contribution in [2.45, 2.75) is 54.0 Å². The van der Waals surface area contributed by atoms with Crippen LogP contribution in [0.5, 0.6) is 0 Å². The molecule has 0 rings (SSSR count). The van der Waals surface area contributed by atoms with Gasteiger partial charge >= 0.3 is 0 Å². The van der Waals surface area contributed by atoms with Gasteiger partial charge in [-0.25, -0.2) is 0 Å². The van der Waals surface area contributed by atoms with E-state index in [0.29, 0.717) is 32.1 Å². The van der Waals surface area contributed by atoms with Crippen LogP contribution in [0.4, 0.5) is 0 Å². The highest BCUT2D eigenvalue weighted by Crippen LogP contribution is 2.28. The van der Waals surface area contributed by atoms with E-state index in [1.807, 2.05) is 4.90 Å². The molecule has 0 bridgehead atoms. The van der Waals surface area contributed by atoms with Crippen molar-refractivity contribution >= 4 is 21.8 Å². The van der Waals surface area contributed by atoms with Gasteiger partial charge in [-0.05, 0) is 25.2 Å². The van der Waals surface area contributed by atoms with Crippen molar-refractivity contribution in [3.8, 4) is 0 Å². The number of carbonyl (C=O) groups excluding carboxylic acids is 1. The van der Waals surface area contributed by atoms with Crippen LogP contribution in [0.1, 0.15) is 48.0 Å². The number of carbonyl (C=O) groups is 1. The SMILES string of the molecule is CC(C)N(CCOCCBr)C(=O)CC(C)C(C)(C)C. The lowest BCUT2D eigenvalue weighted by Crippen LogP contribution is -2.41. The summed E-state index contributed by atoms with van der Waals surface area (Å²) in [7, 11) is 0. The van der Waals surface area contributed by atoms with Crippen LogP contribution in [0.15, 0.2) is 0 Å². The lowest BCUT2D eigenvalue weighted by atomic mass is 9.80. The third-order valence-electron chi connectivity index (χ3n) is 3.60. The quantitative estimate of drug-likeness (QED) is 0.500. The summed E-state index contributed by atoms with van der Waals surface area (Å²) in [6, 6.07) is 0.229. The minimum absolute atomic E-state index is 0.171. The number of ether oxygens (including phenoxy) is 1. The highest BCUT2D eigenvalue weighted by atomic mass is 79.9. The van der Waals surface area contributed by atoms with Gasteiger partial charge in [-0.15, -0.1) is 0 Å². The second-order valence-electron chi connectivity index (χ2n) is 6.45. The normalized spacial score (nSPS) is 13.7. The molecular weight excluding hydrogens is 306 g/mol. The van der Waals surface area contributed by atoms with Crippen LogP contribution in [0.2, 0.25) is 0 Å². The first-order valence-electron chi connectivity index (χ1n) is 7.13. The van der Waals surface area contributed by atoms with E-state index in [1.165, 1.54) is 0 Å². The molecule has 3 nitrogen and oxygen atoms in total. The van der Waals surface area contributed by atoms with E-state index >= 15 is 0 Å². The number of rotatable bonds is 8. The average molecular weight is 336 g/mol. The minimum atomic E-state index is 0.171. The molecular formula is C15H30BrNO2. The Morgan fingerprint density at radius 2 is 1.79 bits per heavy atom. The number of amides is 1. The van der Waals surface area contributed by atoms with Crippen molar-refractivity contribution in [1.82, 2.24) is 4.90 Å². The maximum atomic E-state index is 12.4. The molecule has 0 aromatic rings. The van der Waals surface area contributed by atoms with Crippen LogP contribution in [0.3, 0.4) is 0 Å². The summed E-state index contributed by atoms with van der Waals surface area (Å²) in [4.78, 5) is 14.3. The fourth-order valence-electron chi connectivity index (χ4n) is 1.68. The molecule has 0 aliphatic rings. The first-order chi connectivity index (χ1) is 8.70. The second kappa shape index (κ2) is 8.96. The summed E-state index contributed by atoms with van der Waals surface area (Å²) in [6.45, 7) is 14.8. The highest BCUT2D eigenvalue weighted by Gasteiger charge is 2.25. The predicted molar refractivity (Wildman–Crippen MR) is 84.7 cm³/mol. The Hall–Kier alpha value is -0.0900. The molecule has 1 atom stereocenters. The van der Waals surface area contributed by atoms with E-state index < -0.39 is 0 Å². The number of alkyl halides is 1. The van der Waals surface area contributed by atoms with E-state index in [1.54, 1.807) is 0 Å². The molecule has 0 fully saturated rings. The largest absolute Gasteiger partial charge is 0.379 e. The molecule has 1 unspecified atom stereocenters. The number of hydrogen-bond donors (Lipinski definition) is 0. The fraction of sp³-hybridized carbons (Fsp3) is 0.933. The molecule has 1 amide bonds. The summed E-state index contributed by atoms with van der Waals surface area (Å²) in [5.41, 5.74) is 0.171. The summed E-state index contributed by atoms with van der Waals surface area (Å²) >= 11 is 3.32. The van der Waals surface area contributed by atoms with Crippen molar-refractivity contribution < 1.29 is 9.53 Å². The Morgan fingerprint density at radius 1 is 1.21 bits per heavy atom. The Balaban J connectivity index is 4.34. The maximum absolute atomic E-state index is 12.4. The molecule has 19 heavy (non-hydrogen) atoms. The molecule has 0 aromatic carbocycles. The molecule has 114 valence electrons. The summed E-state index contributed by atoms with van der Waals surface area (Å²) < 4.78 is 5.45. The molecule has 0 saturated carbocycles. The molecule has 0 aliphatic carbocycles. The standard InChI is InChI=1S/C15H30BrNO2/c1-12(2)17(8-10-19-9-7-16)14(18)11-13(3)15(4,5)6/h12-13H,7-11H2,1-6H3. The average Bonchev–Trinajstić information content (AvgIpc) is 2.26. The molecule has 0 saturated heterocycles. The van der Waals surface area contributed by atoms with Gasteiger partial charge in [0.15, 0.2) is 0 Å². The van der Waals surface area contributed by atoms with Gasteiger partial charge in [-0.3, -0.25) is 4.79 Å². The Kier molecular flexibility index (Phi) is 8.92. The maximum Gasteiger partial charge on any atom is 0.223 e. The van der Waals surface area contributed by atoms with E-state index in [2.05, 4.69) is 57.5 Å². The van der Waals surface area contributed by atoms with Crippen molar-refractivity contribution in [2.24, 2.45) is 11.3 Å². The Morgan fingerprint density at radius 3 is 2.21 bits per heavy atom. The van der Waals surface area contributed by atoms with E-state index in [4.69, 9.17) is 4.74 Å². The van der Waals surface area contributed by atoms with Gasteiger partial charge < -0.3 is 9.64 Å². The first kappa shape index (κ1) is 18.9. The van der Waals surface area contributed by atoms with Crippen LogP contribution in [0, 0.1) is 11.3 Å². The van der Waals surface area contributed by atoms with Crippen molar-refractivity contribution in [3.05, 3.63) is 0 Å². The lowest BCUT2D eigenvalue weighted by molar-refractivity contribution is -0.135. The van der Waals surface area contributed by atoms with Gasteiger partial charge in [0.05, 0.1) is 13.2 Å². The minimum Gasteiger partial charge on any atom is -0.379 e. The summed E-state index contributed by atoms with van der Waals surface area (Å²) in [5, 5.41) is 0.837. The van der Waals surface area contributed by atoms with Crippen LogP contribution >= 0.6 is 15.9 Å². The molecule has 0 aromatic heterocycles. The smallest absolute Gasteiger partial charge is 0.223 e. The van der Waals surface area contributed by atoms with Gasteiger partial charge in [0, 0.05) is 24.3 Å². The van der Waals surface area contributed by atoms with Crippen molar-refractivity contribution in [1.29, 1.82) is 0 Å². The second-order valence-corrected chi connectivity index (χ2v) is 7.25. The van der Waals surface area contributed by atoms with Crippen LogP contribution in [0.25, 0.3) is 0 Å². The molecule has 0 radical (unpaired) electrons. The molecule has 4 heteroatoms. The zero-order chi connectivity index (χ0) is 15.1. The first-order valence-corrected chi connectivity index (χ1v) is 8.25. The van der Waals surface area contributed by atoms with Crippen LogP contribution < -0.4 is 0 Å². The molecule has 0 heterocycles. The summed E-state index contributed by atoms with van der Waals surface area (Å²) in [6.07, 6.45) is 0.611. The monoisotopic (exact) mass is 335 g/mol. The molecule has 0 aliphatic heterocycles. The Labute approximate surface area is 127 Å². The third kappa shape index (κ3) is 7.93. The zero-order valence-electron chi connectivity index (χ0n) is 13.3. The van der Waals surface area contributed by atoms with Crippen LogP contribution in [-0.2, 0) is 9.53 Å². The van der Waals surface area contributed by atoms with E-state index in [-0.39, 0.29) is 17.4 Å². The van der Waals surface area contributed by atoms with E-state index in [0.717, 1.165) is 5.33 Å². The third-order valence-corrected chi connectivity index (χ3v) is 3.92. The number of hydrogen-bond acceptors (Lipinski definition) is 2. The summed E-state index contributed by atoms with van der Waals surface area (Å²) in [5.74, 6) is 0.615. The highest BCUT2D eigenvalue weighted by molar-refractivity contribution is 9.09. The molecule has 0 spiro atoms. The topological polar surface area (TPSA) is 29.5 Å². The van der Waals surface area contributed by atoms with Crippen molar-refractivity contribution in [2.75, 3.05) is 25.1 Å². The zero-order valence-corrected chi connectivity index (χ0v) is 14.9. The van der Waals surface area contributed by atoms with Gasteiger partial charge in [-0.2, -0.15) is 0 Å². The van der Waals surface area contributed by atoms with Gasteiger partial charge in [0.25, 0.3) is 0 Å². The van der Waals surface area contributed by atoms with Gasteiger partial charge in [-0.1, -0.05) is 43.6 Å². The van der Waals surface area contributed by atoms with Gasteiger partial charge in [0.2, 0.25) is 5.91 Å². The Bertz CT molecular complexity index is 261. The van der Waals surface area contributed by atoms with Crippen molar-refractivity contribution in [3.63, 3.8) is 0 Å². The fourth-order valence-corrected chi connectivity index (χ4v) is 1.90. The lowest BCUT2D eigenvalue weighted by Gasteiger charge is -2.32. The number of nitrogens with zero attached hydrogens (tertiary/aromatic N) is 1. The number of halogens is 1. The molecule has 0 N–H and O–H groups in total. The predicted octanol–water partition coefficient (Wildman–Crippen LogP) is 3.71. The van der Waals surface area contributed by atoms with Crippen LogP contribution in [-0.4, -0.2) is 41.9 Å².